The topological polar surface area (TPSA) is 75.4 Å². The smallest absolute Gasteiger partial charge is 0.244 e. The van der Waals surface area contributed by atoms with Gasteiger partial charge in [-0.2, -0.15) is 0 Å². The largest absolute Gasteiger partial charge is 0.344 e. The van der Waals surface area contributed by atoms with Crippen molar-refractivity contribution in [3.63, 3.8) is 0 Å². The Morgan fingerprint density at radius 2 is 1.90 bits per heavy atom. The van der Waals surface area contributed by atoms with Crippen LogP contribution in [0.15, 0.2) is 0 Å². The van der Waals surface area contributed by atoms with Crippen LogP contribution in [0.4, 0.5) is 0 Å². The maximum Gasteiger partial charge on any atom is 0.244 e. The molecule has 1 aliphatic carbocycles. The van der Waals surface area contributed by atoms with Gasteiger partial charge in [-0.05, 0) is 39.5 Å². The number of hydrogen-bond acceptors (Lipinski definition) is 3. The molecule has 5 nitrogen and oxygen atoms in total. The number of carbonyl (C=O) groups is 2. The molecule has 3 N–H and O–H groups in total. The summed E-state index contributed by atoms with van der Waals surface area (Å²) in [7, 11) is 0. The first-order valence-electron chi connectivity index (χ1n) is 7.77. The van der Waals surface area contributed by atoms with Gasteiger partial charge in [0.2, 0.25) is 11.8 Å². The van der Waals surface area contributed by atoms with Gasteiger partial charge in [-0.1, -0.05) is 13.3 Å². The number of hydrogen-bond donors (Lipinski definition) is 2. The van der Waals surface area contributed by atoms with E-state index >= 15 is 0 Å². The van der Waals surface area contributed by atoms with Crippen molar-refractivity contribution in [2.24, 2.45) is 17.6 Å². The predicted octanol–water partition coefficient (Wildman–Crippen LogP) is 1.12. The first-order chi connectivity index (χ1) is 9.42. The molecule has 0 aromatic heterocycles. The molecule has 1 rings (SSSR count). The van der Waals surface area contributed by atoms with Crippen LogP contribution < -0.4 is 11.1 Å². The van der Waals surface area contributed by atoms with Gasteiger partial charge in [-0.3, -0.25) is 9.59 Å². The number of nitrogens with two attached hydrogens (primary N) is 1. The van der Waals surface area contributed by atoms with Crippen molar-refractivity contribution >= 4 is 11.8 Å². The van der Waals surface area contributed by atoms with Gasteiger partial charge in [0.25, 0.3) is 0 Å². The Morgan fingerprint density at radius 1 is 1.30 bits per heavy atom. The molecule has 0 radical (unpaired) electrons. The van der Waals surface area contributed by atoms with Gasteiger partial charge in [0.15, 0.2) is 0 Å². The molecule has 0 spiro atoms. The zero-order chi connectivity index (χ0) is 15.3. The number of likely N-dealkylation sites (N-methyl/N-ethyl adjacent to an activating group) is 1. The molecule has 4 unspecified atom stereocenters. The summed E-state index contributed by atoms with van der Waals surface area (Å²) in [5.41, 5.74) is 6.08. The van der Waals surface area contributed by atoms with Crippen molar-refractivity contribution in [3.8, 4) is 0 Å². The Kier molecular flexibility index (Phi) is 6.46. The minimum absolute atomic E-state index is 0.0274. The summed E-state index contributed by atoms with van der Waals surface area (Å²) in [6.07, 6.45) is 3.00. The van der Waals surface area contributed by atoms with Gasteiger partial charge in [0.1, 0.15) is 6.04 Å². The number of carbonyl (C=O) groups excluding carboxylic acids is 2. The molecule has 4 atom stereocenters. The normalized spacial score (nSPS) is 27.8. The van der Waals surface area contributed by atoms with Crippen LogP contribution >= 0.6 is 0 Å². The maximum absolute atomic E-state index is 12.4. The molecule has 20 heavy (non-hydrogen) atoms. The lowest BCUT2D eigenvalue weighted by Gasteiger charge is -2.34. The second-order valence-electron chi connectivity index (χ2n) is 5.84. The molecule has 0 saturated heterocycles. The SMILES string of the molecule is CCN(CC)C(=O)C(C)NC(=O)C1C(C)CCCC1N. The minimum Gasteiger partial charge on any atom is -0.344 e. The monoisotopic (exact) mass is 283 g/mol. The summed E-state index contributed by atoms with van der Waals surface area (Å²) in [4.78, 5) is 26.3. The van der Waals surface area contributed by atoms with Crippen LogP contribution in [0.5, 0.6) is 0 Å². The highest BCUT2D eigenvalue weighted by Gasteiger charge is 2.35. The molecule has 1 fully saturated rings. The first-order valence-corrected chi connectivity index (χ1v) is 7.77. The van der Waals surface area contributed by atoms with E-state index in [-0.39, 0.29) is 29.7 Å². The van der Waals surface area contributed by atoms with E-state index in [0.29, 0.717) is 13.1 Å². The molecule has 1 saturated carbocycles. The van der Waals surface area contributed by atoms with E-state index in [0.717, 1.165) is 19.3 Å². The minimum atomic E-state index is -0.483. The van der Waals surface area contributed by atoms with Gasteiger partial charge in [-0.15, -0.1) is 0 Å². The summed E-state index contributed by atoms with van der Waals surface area (Å²) >= 11 is 0. The van der Waals surface area contributed by atoms with Crippen LogP contribution in [0.25, 0.3) is 0 Å². The van der Waals surface area contributed by atoms with Crippen molar-refractivity contribution in [2.45, 2.75) is 59.0 Å². The standard InChI is InChI=1S/C15H29N3O2/c1-5-18(6-2)15(20)11(4)17-14(19)13-10(3)8-7-9-12(13)16/h10-13H,5-9,16H2,1-4H3,(H,17,19). The quantitative estimate of drug-likeness (QED) is 0.794. The fraction of sp³-hybridized carbons (Fsp3) is 0.867. The molecular weight excluding hydrogens is 254 g/mol. The number of rotatable bonds is 5. The number of nitrogens with one attached hydrogen (secondary N) is 1. The van der Waals surface area contributed by atoms with Gasteiger partial charge in [-0.25, -0.2) is 0 Å². The Bertz CT molecular complexity index is 332. The zero-order valence-electron chi connectivity index (χ0n) is 13.2. The lowest BCUT2D eigenvalue weighted by atomic mass is 9.76. The van der Waals surface area contributed by atoms with E-state index in [4.69, 9.17) is 5.73 Å². The summed E-state index contributed by atoms with van der Waals surface area (Å²) < 4.78 is 0. The third kappa shape index (κ3) is 3.95. The van der Waals surface area contributed by atoms with Crippen LogP contribution in [0, 0.1) is 11.8 Å². The fourth-order valence-corrected chi connectivity index (χ4v) is 3.09. The predicted molar refractivity (Wildman–Crippen MR) is 80.0 cm³/mol. The van der Waals surface area contributed by atoms with E-state index in [1.54, 1.807) is 11.8 Å². The van der Waals surface area contributed by atoms with E-state index in [1.807, 2.05) is 13.8 Å². The van der Waals surface area contributed by atoms with Gasteiger partial charge >= 0.3 is 0 Å². The number of amides is 2. The van der Waals surface area contributed by atoms with E-state index in [9.17, 15) is 9.59 Å². The third-order valence-electron chi connectivity index (χ3n) is 4.38. The molecule has 116 valence electrons. The van der Waals surface area contributed by atoms with E-state index in [1.165, 1.54) is 0 Å². The Hall–Kier alpha value is -1.10. The van der Waals surface area contributed by atoms with Crippen molar-refractivity contribution in [2.75, 3.05) is 13.1 Å². The van der Waals surface area contributed by atoms with Crippen LogP contribution in [0.2, 0.25) is 0 Å². The lowest BCUT2D eigenvalue weighted by Crippen LogP contribution is -2.53. The molecule has 0 aromatic rings. The molecule has 5 heteroatoms. The highest BCUT2D eigenvalue weighted by Crippen LogP contribution is 2.29. The summed E-state index contributed by atoms with van der Waals surface area (Å²) in [5, 5.41) is 2.85. The highest BCUT2D eigenvalue weighted by molar-refractivity contribution is 5.88. The summed E-state index contributed by atoms with van der Waals surface area (Å²) in [6.45, 7) is 9.02. The van der Waals surface area contributed by atoms with E-state index < -0.39 is 6.04 Å². The highest BCUT2D eigenvalue weighted by atomic mass is 16.2. The summed E-state index contributed by atoms with van der Waals surface area (Å²) in [5.74, 6) is 0.0169. The van der Waals surface area contributed by atoms with Gasteiger partial charge < -0.3 is 16.0 Å². The van der Waals surface area contributed by atoms with Crippen LogP contribution in [-0.4, -0.2) is 41.9 Å². The fourth-order valence-electron chi connectivity index (χ4n) is 3.09. The molecule has 0 aliphatic heterocycles. The zero-order valence-corrected chi connectivity index (χ0v) is 13.2. The molecule has 2 amide bonds. The average molecular weight is 283 g/mol. The second-order valence-corrected chi connectivity index (χ2v) is 5.84. The molecule has 0 bridgehead atoms. The average Bonchev–Trinajstić information content (AvgIpc) is 2.39. The Labute approximate surface area is 122 Å². The second kappa shape index (κ2) is 7.62. The van der Waals surface area contributed by atoms with Crippen molar-refractivity contribution in [1.82, 2.24) is 10.2 Å². The van der Waals surface area contributed by atoms with Crippen LogP contribution in [0.1, 0.15) is 47.0 Å². The van der Waals surface area contributed by atoms with Gasteiger partial charge in [0, 0.05) is 19.1 Å². The molecule has 0 aromatic carbocycles. The van der Waals surface area contributed by atoms with Gasteiger partial charge in [0.05, 0.1) is 5.92 Å². The first kappa shape index (κ1) is 17.0. The van der Waals surface area contributed by atoms with Crippen molar-refractivity contribution < 1.29 is 9.59 Å². The van der Waals surface area contributed by atoms with E-state index in [2.05, 4.69) is 12.2 Å². The Balaban J connectivity index is 2.62. The van der Waals surface area contributed by atoms with Crippen LogP contribution in [0.3, 0.4) is 0 Å². The third-order valence-corrected chi connectivity index (χ3v) is 4.38. The van der Waals surface area contributed by atoms with Crippen molar-refractivity contribution in [3.05, 3.63) is 0 Å². The maximum atomic E-state index is 12.4. The van der Waals surface area contributed by atoms with Crippen LogP contribution in [-0.2, 0) is 9.59 Å². The number of nitrogens with zero attached hydrogens (tertiary/aromatic N) is 1. The Morgan fingerprint density at radius 3 is 2.40 bits per heavy atom. The van der Waals surface area contributed by atoms with Crippen molar-refractivity contribution in [1.29, 1.82) is 0 Å². The summed E-state index contributed by atoms with van der Waals surface area (Å²) in [6, 6.07) is -0.571. The molecule has 0 heterocycles. The molecule has 1 aliphatic rings. The lowest BCUT2D eigenvalue weighted by molar-refractivity contribution is -0.137. The molecular formula is C15H29N3O2.